The molecule has 0 aromatic rings. The lowest BCUT2D eigenvalue weighted by atomic mass is 9.52. The standard InChI is InChI=1S/C14H24O2/c1-3-10(2)16-14-7-11-4-12(8-14)6-13(15,5-11)9-14/h10-12,15H,3-9H2,1-2H3. The molecule has 0 aromatic heterocycles. The summed E-state index contributed by atoms with van der Waals surface area (Å²) >= 11 is 0. The first-order valence-electron chi connectivity index (χ1n) is 6.93. The third-order valence-electron chi connectivity index (χ3n) is 5.00. The molecule has 3 unspecified atom stereocenters. The zero-order valence-corrected chi connectivity index (χ0v) is 10.5. The fraction of sp³-hybridized carbons (Fsp3) is 1.00. The molecule has 4 aliphatic carbocycles. The highest BCUT2D eigenvalue weighted by molar-refractivity contribution is 5.10. The molecule has 2 nitrogen and oxygen atoms in total. The Morgan fingerprint density at radius 2 is 1.88 bits per heavy atom. The van der Waals surface area contributed by atoms with Gasteiger partial charge in [-0.25, -0.2) is 0 Å². The van der Waals surface area contributed by atoms with Crippen molar-refractivity contribution in [2.45, 2.75) is 76.1 Å². The van der Waals surface area contributed by atoms with E-state index in [2.05, 4.69) is 13.8 Å². The summed E-state index contributed by atoms with van der Waals surface area (Å²) in [6, 6.07) is 0. The van der Waals surface area contributed by atoms with E-state index in [1.807, 2.05) is 0 Å². The van der Waals surface area contributed by atoms with E-state index in [-0.39, 0.29) is 11.2 Å². The van der Waals surface area contributed by atoms with Gasteiger partial charge in [-0.15, -0.1) is 0 Å². The molecule has 3 atom stereocenters. The van der Waals surface area contributed by atoms with E-state index < -0.39 is 0 Å². The maximum atomic E-state index is 10.6. The van der Waals surface area contributed by atoms with Gasteiger partial charge in [-0.1, -0.05) is 6.92 Å². The second-order valence-electron chi connectivity index (χ2n) is 6.71. The molecular formula is C14H24O2. The van der Waals surface area contributed by atoms with E-state index in [4.69, 9.17) is 4.74 Å². The lowest BCUT2D eigenvalue weighted by molar-refractivity contribution is -0.233. The summed E-state index contributed by atoms with van der Waals surface area (Å²) in [6.07, 6.45) is 8.15. The maximum Gasteiger partial charge on any atom is 0.0718 e. The Labute approximate surface area is 98.4 Å². The second kappa shape index (κ2) is 3.46. The monoisotopic (exact) mass is 224 g/mol. The second-order valence-corrected chi connectivity index (χ2v) is 6.71. The van der Waals surface area contributed by atoms with Gasteiger partial charge in [0.1, 0.15) is 0 Å². The topological polar surface area (TPSA) is 29.5 Å². The molecule has 16 heavy (non-hydrogen) atoms. The van der Waals surface area contributed by atoms with Gasteiger partial charge in [0.15, 0.2) is 0 Å². The minimum absolute atomic E-state index is 0.0360. The Balaban J connectivity index is 1.81. The van der Waals surface area contributed by atoms with Crippen molar-refractivity contribution < 1.29 is 9.84 Å². The van der Waals surface area contributed by atoms with Crippen molar-refractivity contribution in [1.29, 1.82) is 0 Å². The van der Waals surface area contributed by atoms with Crippen LogP contribution in [0.4, 0.5) is 0 Å². The summed E-state index contributed by atoms with van der Waals surface area (Å²) in [5.41, 5.74) is -0.341. The molecule has 0 saturated heterocycles. The lowest BCUT2D eigenvalue weighted by Crippen LogP contribution is -2.60. The molecule has 92 valence electrons. The molecular weight excluding hydrogens is 200 g/mol. The summed E-state index contributed by atoms with van der Waals surface area (Å²) in [4.78, 5) is 0. The van der Waals surface area contributed by atoms with E-state index in [0.29, 0.717) is 6.10 Å². The maximum absolute atomic E-state index is 10.6. The minimum atomic E-state index is -0.377. The van der Waals surface area contributed by atoms with E-state index in [1.165, 1.54) is 19.3 Å². The minimum Gasteiger partial charge on any atom is -0.390 e. The summed E-state index contributed by atoms with van der Waals surface area (Å²) in [5, 5.41) is 10.6. The van der Waals surface area contributed by atoms with Crippen LogP contribution in [-0.4, -0.2) is 22.4 Å². The van der Waals surface area contributed by atoms with Gasteiger partial charge in [0, 0.05) is 6.42 Å². The predicted octanol–water partition coefficient (Wildman–Crippen LogP) is 2.89. The number of aliphatic hydroxyl groups is 1. The van der Waals surface area contributed by atoms with Crippen LogP contribution in [0.25, 0.3) is 0 Å². The van der Waals surface area contributed by atoms with Crippen LogP contribution in [0.3, 0.4) is 0 Å². The molecule has 2 heteroatoms. The quantitative estimate of drug-likeness (QED) is 0.798. The molecule has 4 aliphatic rings. The summed E-state index contributed by atoms with van der Waals surface area (Å²) in [5.74, 6) is 1.46. The van der Waals surface area contributed by atoms with Gasteiger partial charge >= 0.3 is 0 Å². The Morgan fingerprint density at radius 3 is 2.38 bits per heavy atom. The van der Waals surface area contributed by atoms with Gasteiger partial charge < -0.3 is 9.84 Å². The van der Waals surface area contributed by atoms with Crippen LogP contribution >= 0.6 is 0 Å². The van der Waals surface area contributed by atoms with Crippen LogP contribution in [0.1, 0.15) is 58.8 Å². The highest BCUT2D eigenvalue weighted by atomic mass is 16.5. The smallest absolute Gasteiger partial charge is 0.0718 e. The van der Waals surface area contributed by atoms with Crippen molar-refractivity contribution in [1.82, 2.24) is 0 Å². The molecule has 4 bridgehead atoms. The highest BCUT2D eigenvalue weighted by Crippen LogP contribution is 2.59. The molecule has 0 radical (unpaired) electrons. The van der Waals surface area contributed by atoms with Crippen molar-refractivity contribution >= 4 is 0 Å². The first kappa shape index (κ1) is 11.0. The van der Waals surface area contributed by atoms with Crippen molar-refractivity contribution in [3.63, 3.8) is 0 Å². The van der Waals surface area contributed by atoms with Gasteiger partial charge in [0.05, 0.1) is 17.3 Å². The van der Waals surface area contributed by atoms with Crippen LogP contribution in [0, 0.1) is 11.8 Å². The van der Waals surface area contributed by atoms with Crippen molar-refractivity contribution in [3.8, 4) is 0 Å². The molecule has 1 N–H and O–H groups in total. The highest BCUT2D eigenvalue weighted by Gasteiger charge is 2.58. The fourth-order valence-electron chi connectivity index (χ4n) is 4.78. The Morgan fingerprint density at radius 1 is 1.25 bits per heavy atom. The number of rotatable bonds is 3. The summed E-state index contributed by atoms with van der Waals surface area (Å²) < 4.78 is 6.30. The Hall–Kier alpha value is -0.0800. The average Bonchev–Trinajstić information content (AvgIpc) is 2.12. The fourth-order valence-corrected chi connectivity index (χ4v) is 4.78. The third kappa shape index (κ3) is 1.70. The molecule has 4 rings (SSSR count). The van der Waals surface area contributed by atoms with Gasteiger partial charge in [0.25, 0.3) is 0 Å². The number of ether oxygens (including phenoxy) is 1. The van der Waals surface area contributed by atoms with Crippen molar-refractivity contribution in [2.24, 2.45) is 11.8 Å². The van der Waals surface area contributed by atoms with E-state index in [0.717, 1.165) is 37.5 Å². The molecule has 0 spiro atoms. The SMILES string of the molecule is CCC(C)OC12CC3CC(CC(O)(C3)C1)C2. The third-order valence-corrected chi connectivity index (χ3v) is 5.00. The van der Waals surface area contributed by atoms with Gasteiger partial charge in [-0.05, 0) is 57.3 Å². The van der Waals surface area contributed by atoms with Crippen molar-refractivity contribution in [2.75, 3.05) is 0 Å². The number of hydrogen-bond donors (Lipinski definition) is 1. The van der Waals surface area contributed by atoms with E-state index in [9.17, 15) is 5.11 Å². The molecule has 0 amide bonds. The summed E-state index contributed by atoms with van der Waals surface area (Å²) in [6.45, 7) is 4.35. The van der Waals surface area contributed by atoms with Gasteiger partial charge in [-0.2, -0.15) is 0 Å². The normalized spacial score (nSPS) is 51.9. The van der Waals surface area contributed by atoms with Gasteiger partial charge in [-0.3, -0.25) is 0 Å². The van der Waals surface area contributed by atoms with Crippen LogP contribution in [0.5, 0.6) is 0 Å². The average molecular weight is 224 g/mol. The Kier molecular flexibility index (Phi) is 2.38. The summed E-state index contributed by atoms with van der Waals surface area (Å²) in [7, 11) is 0. The van der Waals surface area contributed by atoms with E-state index >= 15 is 0 Å². The molecule has 4 saturated carbocycles. The van der Waals surface area contributed by atoms with Crippen LogP contribution in [-0.2, 0) is 4.74 Å². The first-order valence-corrected chi connectivity index (χ1v) is 6.93. The zero-order chi connectivity index (χ0) is 11.4. The molecule has 0 aliphatic heterocycles. The molecule has 0 aromatic carbocycles. The lowest BCUT2D eigenvalue weighted by Gasteiger charge is -2.60. The van der Waals surface area contributed by atoms with Crippen LogP contribution in [0.15, 0.2) is 0 Å². The number of hydrogen-bond acceptors (Lipinski definition) is 2. The molecule has 4 fully saturated rings. The van der Waals surface area contributed by atoms with Crippen LogP contribution in [0.2, 0.25) is 0 Å². The molecule has 0 heterocycles. The van der Waals surface area contributed by atoms with Gasteiger partial charge in [0.2, 0.25) is 0 Å². The van der Waals surface area contributed by atoms with E-state index in [1.54, 1.807) is 0 Å². The van der Waals surface area contributed by atoms with Crippen LogP contribution < -0.4 is 0 Å². The zero-order valence-electron chi connectivity index (χ0n) is 10.5. The predicted molar refractivity (Wildman–Crippen MR) is 63.2 cm³/mol. The first-order chi connectivity index (χ1) is 7.53. The Bertz CT molecular complexity index is 272. The van der Waals surface area contributed by atoms with Crippen molar-refractivity contribution in [3.05, 3.63) is 0 Å². The largest absolute Gasteiger partial charge is 0.390 e.